The van der Waals surface area contributed by atoms with Crippen molar-refractivity contribution < 1.29 is 36.8 Å². The van der Waals surface area contributed by atoms with Crippen molar-refractivity contribution in [2.75, 3.05) is 13.2 Å². The van der Waals surface area contributed by atoms with Crippen molar-refractivity contribution in [2.24, 2.45) is 0 Å². The summed E-state index contributed by atoms with van der Waals surface area (Å²) in [5.41, 5.74) is -1.79. The van der Waals surface area contributed by atoms with Gasteiger partial charge in [0.25, 0.3) is 5.88 Å². The van der Waals surface area contributed by atoms with E-state index >= 15 is 0 Å². The molecule has 0 saturated carbocycles. The van der Waals surface area contributed by atoms with Gasteiger partial charge < -0.3 is 23.0 Å². The average molecular weight is 556 g/mol. The van der Waals surface area contributed by atoms with E-state index in [0.717, 1.165) is 0 Å². The number of aromatic nitrogens is 3. The van der Waals surface area contributed by atoms with Crippen molar-refractivity contribution in [1.82, 2.24) is 15.1 Å². The Balaban J connectivity index is 1.85. The van der Waals surface area contributed by atoms with Crippen LogP contribution < -0.4 is 4.74 Å². The van der Waals surface area contributed by atoms with E-state index in [9.17, 15) is 13.8 Å². The molecule has 3 rings (SSSR count). The maximum Gasteiger partial charge on any atom is 0.345 e. The fraction of sp³-hybridized carbons (Fsp3) is 0.417. The van der Waals surface area contributed by atoms with Gasteiger partial charge in [-0.05, 0) is 58.9 Å². The maximum absolute atomic E-state index is 13.8. The number of carbonyl (C=O) groups is 1. The van der Waals surface area contributed by atoms with Crippen LogP contribution >= 0.6 is 19.2 Å². The van der Waals surface area contributed by atoms with Crippen LogP contribution in [0.1, 0.15) is 40.5 Å². The number of benzene rings is 1. The Labute approximate surface area is 219 Å². The standard InChI is InChI=1S/C24H28ClFN3O7P/c1-6-32-37(31,33-7-2)19(23(30)35-24(3,4)5)14-20-28-21(29-36-20)16-11-10-15(13-17(16)25)34-22-18(26)9-8-12-27-22/h8-13,19H,6-7,14H2,1-5H3. The fourth-order valence-corrected chi connectivity index (χ4v) is 5.28. The van der Waals surface area contributed by atoms with Gasteiger partial charge in [-0.2, -0.15) is 4.98 Å². The third kappa shape index (κ3) is 7.58. The summed E-state index contributed by atoms with van der Waals surface area (Å²) in [6.45, 7) is 8.46. The highest BCUT2D eigenvalue weighted by molar-refractivity contribution is 7.55. The van der Waals surface area contributed by atoms with Crippen LogP contribution in [-0.4, -0.2) is 45.6 Å². The van der Waals surface area contributed by atoms with E-state index in [1.54, 1.807) is 40.7 Å². The molecule has 0 N–H and O–H groups in total. The van der Waals surface area contributed by atoms with Gasteiger partial charge in [-0.15, -0.1) is 0 Å². The predicted molar refractivity (Wildman–Crippen MR) is 133 cm³/mol. The molecule has 0 amide bonds. The summed E-state index contributed by atoms with van der Waals surface area (Å²) in [4.78, 5) is 21.1. The SMILES string of the molecule is CCOP(=O)(OCC)C(Cc1nc(-c2ccc(Oc3ncccc3F)cc2Cl)no1)C(=O)OC(C)(C)C. The van der Waals surface area contributed by atoms with E-state index in [1.807, 2.05) is 0 Å². The molecule has 0 saturated heterocycles. The topological polar surface area (TPSA) is 123 Å². The molecule has 1 atom stereocenters. The lowest BCUT2D eigenvalue weighted by Crippen LogP contribution is -2.34. The van der Waals surface area contributed by atoms with E-state index < -0.39 is 30.6 Å². The molecule has 0 aliphatic rings. The molecule has 13 heteroatoms. The Kier molecular flexibility index (Phi) is 9.41. The molecule has 10 nitrogen and oxygen atoms in total. The van der Waals surface area contributed by atoms with E-state index in [4.69, 9.17) is 34.6 Å². The molecule has 1 aromatic carbocycles. The minimum atomic E-state index is -3.93. The van der Waals surface area contributed by atoms with Crippen LogP contribution in [0.15, 0.2) is 41.1 Å². The zero-order valence-electron chi connectivity index (χ0n) is 21.1. The van der Waals surface area contributed by atoms with E-state index in [2.05, 4.69) is 15.1 Å². The second-order valence-electron chi connectivity index (χ2n) is 8.67. The number of ether oxygens (including phenoxy) is 2. The Hall–Kier alpha value is -2.85. The first kappa shape index (κ1) is 28.7. The van der Waals surface area contributed by atoms with E-state index in [1.165, 1.54) is 30.5 Å². The molecule has 0 fully saturated rings. The number of pyridine rings is 1. The second kappa shape index (κ2) is 12.1. The third-order valence-corrected chi connectivity index (χ3v) is 7.34. The van der Waals surface area contributed by atoms with Crippen LogP contribution in [0.25, 0.3) is 11.4 Å². The van der Waals surface area contributed by atoms with Gasteiger partial charge in [-0.25, -0.2) is 9.37 Å². The van der Waals surface area contributed by atoms with Crippen LogP contribution in [-0.2, 0) is 29.6 Å². The number of rotatable bonds is 11. The minimum Gasteiger partial charge on any atom is -0.459 e. The minimum absolute atomic E-state index is 0.00237. The van der Waals surface area contributed by atoms with Crippen LogP contribution in [0.5, 0.6) is 11.6 Å². The Morgan fingerprint density at radius 2 is 1.89 bits per heavy atom. The highest BCUT2D eigenvalue weighted by Crippen LogP contribution is 2.54. The van der Waals surface area contributed by atoms with Crippen LogP contribution in [0.2, 0.25) is 5.02 Å². The number of halogens is 2. The zero-order chi connectivity index (χ0) is 27.2. The Bertz CT molecular complexity index is 1270. The van der Waals surface area contributed by atoms with E-state index in [-0.39, 0.29) is 48.0 Å². The van der Waals surface area contributed by atoms with Gasteiger partial charge in [0, 0.05) is 17.8 Å². The molecule has 2 heterocycles. The lowest BCUT2D eigenvalue weighted by atomic mass is 10.2. The molecule has 37 heavy (non-hydrogen) atoms. The largest absolute Gasteiger partial charge is 0.459 e. The number of hydrogen-bond acceptors (Lipinski definition) is 10. The number of hydrogen-bond donors (Lipinski definition) is 0. The number of esters is 1. The summed E-state index contributed by atoms with van der Waals surface area (Å²) < 4.78 is 54.3. The Morgan fingerprint density at radius 3 is 2.49 bits per heavy atom. The van der Waals surface area contributed by atoms with Crippen molar-refractivity contribution in [3.63, 3.8) is 0 Å². The summed E-state index contributed by atoms with van der Waals surface area (Å²) >= 11 is 6.39. The van der Waals surface area contributed by atoms with Crippen molar-refractivity contribution >= 4 is 25.2 Å². The first-order valence-corrected chi connectivity index (χ1v) is 13.5. The number of nitrogens with zero attached hydrogens (tertiary/aromatic N) is 3. The summed E-state index contributed by atoms with van der Waals surface area (Å²) in [6, 6.07) is 7.21. The van der Waals surface area contributed by atoms with Crippen molar-refractivity contribution in [3.8, 4) is 23.0 Å². The molecule has 200 valence electrons. The third-order valence-electron chi connectivity index (χ3n) is 4.64. The van der Waals surface area contributed by atoms with Crippen LogP contribution in [0.3, 0.4) is 0 Å². The average Bonchev–Trinajstić information content (AvgIpc) is 3.26. The molecule has 2 aromatic heterocycles. The van der Waals surface area contributed by atoms with Crippen molar-refractivity contribution in [3.05, 3.63) is 53.3 Å². The first-order chi connectivity index (χ1) is 17.5. The summed E-state index contributed by atoms with van der Waals surface area (Å²) in [6.07, 6.45) is 1.15. The summed E-state index contributed by atoms with van der Waals surface area (Å²) in [5.74, 6) is -1.25. The van der Waals surface area contributed by atoms with Gasteiger partial charge in [0.1, 0.15) is 11.4 Å². The van der Waals surface area contributed by atoms with Gasteiger partial charge in [0.05, 0.1) is 24.7 Å². The molecule has 1 unspecified atom stereocenters. The lowest BCUT2D eigenvalue weighted by molar-refractivity contribution is -0.154. The monoisotopic (exact) mass is 555 g/mol. The zero-order valence-corrected chi connectivity index (χ0v) is 22.7. The normalized spacial score (nSPS) is 12.8. The molecular formula is C24H28ClFN3O7P. The molecule has 0 radical (unpaired) electrons. The Morgan fingerprint density at radius 1 is 1.19 bits per heavy atom. The van der Waals surface area contributed by atoms with Crippen molar-refractivity contribution in [1.29, 1.82) is 0 Å². The van der Waals surface area contributed by atoms with Gasteiger partial charge in [-0.1, -0.05) is 16.8 Å². The van der Waals surface area contributed by atoms with Crippen LogP contribution in [0, 0.1) is 5.82 Å². The molecule has 0 bridgehead atoms. The summed E-state index contributed by atoms with van der Waals surface area (Å²) in [5, 5.41) is 4.12. The van der Waals surface area contributed by atoms with Gasteiger partial charge in [0.15, 0.2) is 11.5 Å². The van der Waals surface area contributed by atoms with Crippen molar-refractivity contribution in [2.45, 2.75) is 52.3 Å². The molecule has 3 aromatic rings. The van der Waals surface area contributed by atoms with Gasteiger partial charge in [-0.3, -0.25) is 9.36 Å². The number of carbonyl (C=O) groups excluding carboxylic acids is 1. The smallest absolute Gasteiger partial charge is 0.345 e. The van der Waals surface area contributed by atoms with E-state index in [0.29, 0.717) is 5.56 Å². The quantitative estimate of drug-likeness (QED) is 0.198. The van der Waals surface area contributed by atoms with Gasteiger partial charge in [0.2, 0.25) is 11.7 Å². The highest BCUT2D eigenvalue weighted by atomic mass is 35.5. The lowest BCUT2D eigenvalue weighted by Gasteiger charge is -2.27. The highest BCUT2D eigenvalue weighted by Gasteiger charge is 2.44. The predicted octanol–water partition coefficient (Wildman–Crippen LogP) is 6.24. The first-order valence-electron chi connectivity index (χ1n) is 11.5. The molecular weight excluding hydrogens is 528 g/mol. The second-order valence-corrected chi connectivity index (χ2v) is 11.3. The maximum atomic E-state index is 13.8. The molecule has 0 aliphatic carbocycles. The summed E-state index contributed by atoms with van der Waals surface area (Å²) in [7, 11) is -3.93. The fourth-order valence-electron chi connectivity index (χ4n) is 3.18. The molecule has 0 aliphatic heterocycles. The van der Waals surface area contributed by atoms with Gasteiger partial charge >= 0.3 is 13.6 Å². The molecule has 0 spiro atoms. The van der Waals surface area contributed by atoms with Crippen LogP contribution in [0.4, 0.5) is 4.39 Å².